The molecule has 0 aromatic carbocycles. The van der Waals surface area contributed by atoms with Crippen molar-refractivity contribution in [3.05, 3.63) is 0 Å². The molecule has 1 amide bonds. The normalized spacial score (nSPS) is 28.0. The van der Waals surface area contributed by atoms with Gasteiger partial charge in [0.2, 0.25) is 5.91 Å². The fraction of sp³-hybridized carbons (Fsp3) is 0.929. The molecule has 1 aliphatic heterocycles. The Bertz CT molecular complexity index is 306. The topological polar surface area (TPSA) is 64.4 Å². The van der Waals surface area contributed by atoms with Crippen molar-refractivity contribution in [1.82, 2.24) is 5.32 Å². The van der Waals surface area contributed by atoms with Crippen molar-refractivity contribution in [3.8, 4) is 0 Å². The highest BCUT2D eigenvalue weighted by atomic mass is 35.5. The highest BCUT2D eigenvalue weighted by Gasteiger charge is 2.43. The van der Waals surface area contributed by atoms with E-state index in [-0.39, 0.29) is 30.5 Å². The third-order valence-corrected chi connectivity index (χ3v) is 4.10. The Labute approximate surface area is 122 Å². The largest absolute Gasteiger partial charge is 0.364 e. The van der Waals surface area contributed by atoms with Crippen molar-refractivity contribution < 1.29 is 9.53 Å². The van der Waals surface area contributed by atoms with Gasteiger partial charge in [0.05, 0.1) is 6.10 Å². The van der Waals surface area contributed by atoms with E-state index in [0.717, 1.165) is 19.4 Å². The van der Waals surface area contributed by atoms with E-state index < -0.39 is 0 Å². The van der Waals surface area contributed by atoms with Crippen LogP contribution in [0.1, 0.15) is 46.0 Å². The van der Waals surface area contributed by atoms with E-state index in [9.17, 15) is 4.79 Å². The number of rotatable bonds is 6. The van der Waals surface area contributed by atoms with Crippen LogP contribution in [0.15, 0.2) is 0 Å². The van der Waals surface area contributed by atoms with Gasteiger partial charge in [0.1, 0.15) is 6.10 Å². The van der Waals surface area contributed by atoms with Crippen LogP contribution in [-0.4, -0.2) is 31.2 Å². The van der Waals surface area contributed by atoms with E-state index in [1.807, 2.05) is 0 Å². The smallest absolute Gasteiger partial charge is 0.249 e. The van der Waals surface area contributed by atoms with Gasteiger partial charge in [-0.05, 0) is 43.4 Å². The van der Waals surface area contributed by atoms with Crippen LogP contribution in [0.3, 0.4) is 0 Å². The maximum absolute atomic E-state index is 12.0. The van der Waals surface area contributed by atoms with Gasteiger partial charge in [0.25, 0.3) is 0 Å². The monoisotopic (exact) mass is 290 g/mol. The molecule has 0 unspecified atom stereocenters. The SMILES string of the molecule is CC(C)CC1(CNC(=O)[C@@H]2CC[C@H](CN)O2)CC1.Cl. The highest BCUT2D eigenvalue weighted by Crippen LogP contribution is 2.50. The molecule has 0 aromatic heterocycles. The third-order valence-electron chi connectivity index (χ3n) is 4.10. The molecule has 1 saturated carbocycles. The van der Waals surface area contributed by atoms with Gasteiger partial charge >= 0.3 is 0 Å². The number of ether oxygens (including phenoxy) is 1. The maximum atomic E-state index is 12.0. The first kappa shape index (κ1) is 16.7. The van der Waals surface area contributed by atoms with Crippen molar-refractivity contribution in [2.45, 2.75) is 58.2 Å². The highest BCUT2D eigenvalue weighted by molar-refractivity contribution is 5.85. The van der Waals surface area contributed by atoms with Gasteiger partial charge in [0.15, 0.2) is 0 Å². The van der Waals surface area contributed by atoms with E-state index in [4.69, 9.17) is 10.5 Å². The molecule has 1 heterocycles. The second kappa shape index (κ2) is 6.91. The van der Waals surface area contributed by atoms with E-state index in [1.165, 1.54) is 19.3 Å². The Hall–Kier alpha value is -0.320. The number of carbonyl (C=O) groups is 1. The molecule has 1 saturated heterocycles. The summed E-state index contributed by atoms with van der Waals surface area (Å²) in [6, 6.07) is 0. The molecule has 3 N–H and O–H groups in total. The molecule has 2 fully saturated rings. The van der Waals surface area contributed by atoms with Gasteiger partial charge < -0.3 is 15.8 Å². The average Bonchev–Trinajstić information content (AvgIpc) is 2.92. The minimum atomic E-state index is -0.270. The van der Waals surface area contributed by atoms with Gasteiger partial charge in [-0.2, -0.15) is 0 Å². The van der Waals surface area contributed by atoms with Gasteiger partial charge in [-0.1, -0.05) is 13.8 Å². The zero-order valence-electron chi connectivity index (χ0n) is 12.0. The molecule has 112 valence electrons. The molecule has 4 nitrogen and oxygen atoms in total. The van der Waals surface area contributed by atoms with Crippen molar-refractivity contribution in [2.75, 3.05) is 13.1 Å². The van der Waals surface area contributed by atoms with Crippen LogP contribution in [0.5, 0.6) is 0 Å². The fourth-order valence-corrected chi connectivity index (χ4v) is 2.96. The zero-order valence-corrected chi connectivity index (χ0v) is 12.8. The predicted molar refractivity (Wildman–Crippen MR) is 78.3 cm³/mol. The minimum Gasteiger partial charge on any atom is -0.364 e. The lowest BCUT2D eigenvalue weighted by atomic mass is 9.94. The summed E-state index contributed by atoms with van der Waals surface area (Å²) in [7, 11) is 0. The van der Waals surface area contributed by atoms with E-state index in [2.05, 4.69) is 19.2 Å². The van der Waals surface area contributed by atoms with Gasteiger partial charge in [-0.25, -0.2) is 0 Å². The summed E-state index contributed by atoms with van der Waals surface area (Å²) in [5, 5.41) is 3.07. The van der Waals surface area contributed by atoms with Gasteiger partial charge in [-0.3, -0.25) is 4.79 Å². The number of nitrogens with two attached hydrogens (primary N) is 1. The van der Waals surface area contributed by atoms with Crippen LogP contribution in [0.4, 0.5) is 0 Å². The molecule has 0 bridgehead atoms. The summed E-state index contributed by atoms with van der Waals surface area (Å²) in [6.45, 7) is 5.82. The molecule has 2 atom stereocenters. The van der Waals surface area contributed by atoms with E-state index in [0.29, 0.717) is 17.9 Å². The Morgan fingerprint density at radius 1 is 1.42 bits per heavy atom. The molecule has 5 heteroatoms. The summed E-state index contributed by atoms with van der Waals surface area (Å²) in [5.41, 5.74) is 5.93. The number of hydrogen-bond donors (Lipinski definition) is 2. The predicted octanol–water partition coefficient (Wildman–Crippen LogP) is 1.86. The van der Waals surface area contributed by atoms with Gasteiger partial charge in [0, 0.05) is 13.1 Å². The molecular formula is C14H27ClN2O2. The number of amides is 1. The number of nitrogens with one attached hydrogen (secondary N) is 1. The molecule has 2 rings (SSSR count). The summed E-state index contributed by atoms with van der Waals surface area (Å²) >= 11 is 0. The Balaban J connectivity index is 0.00000180. The van der Waals surface area contributed by atoms with Crippen molar-refractivity contribution in [3.63, 3.8) is 0 Å². The molecule has 0 spiro atoms. The van der Waals surface area contributed by atoms with Gasteiger partial charge in [-0.15, -0.1) is 12.4 Å². The molecule has 0 radical (unpaired) electrons. The lowest BCUT2D eigenvalue weighted by Gasteiger charge is -2.19. The number of halogens is 1. The van der Waals surface area contributed by atoms with Crippen LogP contribution in [-0.2, 0) is 9.53 Å². The first-order valence-electron chi connectivity index (χ1n) is 7.18. The Kier molecular flexibility index (Phi) is 6.09. The fourth-order valence-electron chi connectivity index (χ4n) is 2.96. The second-order valence-corrected chi connectivity index (χ2v) is 6.38. The van der Waals surface area contributed by atoms with Crippen molar-refractivity contribution in [2.24, 2.45) is 17.1 Å². The number of carbonyl (C=O) groups excluding carboxylic acids is 1. The third kappa shape index (κ3) is 4.62. The second-order valence-electron chi connectivity index (χ2n) is 6.38. The van der Waals surface area contributed by atoms with Crippen LogP contribution >= 0.6 is 12.4 Å². The molecule has 2 aliphatic rings. The zero-order chi connectivity index (χ0) is 13.2. The quantitative estimate of drug-likeness (QED) is 0.785. The number of hydrogen-bond acceptors (Lipinski definition) is 3. The summed E-state index contributed by atoms with van der Waals surface area (Å²) in [4.78, 5) is 12.0. The first-order valence-corrected chi connectivity index (χ1v) is 7.18. The lowest BCUT2D eigenvalue weighted by molar-refractivity contribution is -0.132. The van der Waals surface area contributed by atoms with Crippen molar-refractivity contribution in [1.29, 1.82) is 0 Å². The maximum Gasteiger partial charge on any atom is 0.249 e. The van der Waals surface area contributed by atoms with Crippen LogP contribution in [0.2, 0.25) is 0 Å². The average molecular weight is 291 g/mol. The summed E-state index contributed by atoms with van der Waals surface area (Å²) < 4.78 is 5.60. The molecular weight excluding hydrogens is 264 g/mol. The molecule has 19 heavy (non-hydrogen) atoms. The van der Waals surface area contributed by atoms with E-state index in [1.54, 1.807) is 0 Å². The van der Waals surface area contributed by atoms with Crippen LogP contribution < -0.4 is 11.1 Å². The van der Waals surface area contributed by atoms with Crippen LogP contribution in [0.25, 0.3) is 0 Å². The minimum absolute atomic E-state index is 0. The molecule has 0 aromatic rings. The Morgan fingerprint density at radius 3 is 2.58 bits per heavy atom. The Morgan fingerprint density at radius 2 is 2.11 bits per heavy atom. The van der Waals surface area contributed by atoms with E-state index >= 15 is 0 Å². The summed E-state index contributed by atoms with van der Waals surface area (Å²) in [5.74, 6) is 0.759. The molecule has 1 aliphatic carbocycles. The summed E-state index contributed by atoms with van der Waals surface area (Å²) in [6.07, 6.45) is 5.24. The lowest BCUT2D eigenvalue weighted by Crippen LogP contribution is -2.38. The van der Waals surface area contributed by atoms with Crippen LogP contribution in [0, 0.1) is 11.3 Å². The van der Waals surface area contributed by atoms with Crippen molar-refractivity contribution >= 4 is 18.3 Å². The first-order chi connectivity index (χ1) is 8.54. The standard InChI is InChI=1S/C14H26N2O2.ClH/c1-10(2)7-14(5-6-14)9-16-13(17)12-4-3-11(8-15)18-12;/h10-12H,3-9,15H2,1-2H3,(H,16,17);1H/t11-,12+;/m1./s1.